The Labute approximate surface area is 222 Å². The third-order valence-electron chi connectivity index (χ3n) is 8.02. The lowest BCUT2D eigenvalue weighted by Gasteiger charge is -2.35. The van der Waals surface area contributed by atoms with E-state index in [2.05, 4.69) is 0 Å². The highest BCUT2D eigenvalue weighted by atomic mass is 16.7. The molecule has 2 amide bonds. The van der Waals surface area contributed by atoms with Crippen LogP contribution in [0.3, 0.4) is 0 Å². The van der Waals surface area contributed by atoms with Crippen molar-refractivity contribution in [1.82, 2.24) is 4.90 Å². The quantitative estimate of drug-likeness (QED) is 0.218. The number of nitro benzene ring substituents is 1. The van der Waals surface area contributed by atoms with Gasteiger partial charge in [-0.1, -0.05) is 24.3 Å². The molecule has 0 saturated carbocycles. The molecule has 4 atom stereocenters. The third kappa shape index (κ3) is 3.24. The van der Waals surface area contributed by atoms with Crippen molar-refractivity contribution >= 4 is 35.0 Å². The second kappa shape index (κ2) is 8.26. The minimum absolute atomic E-state index is 0.0609. The van der Waals surface area contributed by atoms with Crippen LogP contribution < -0.4 is 14.4 Å². The first-order valence-electron chi connectivity index (χ1n) is 12.5. The number of ketones is 1. The summed E-state index contributed by atoms with van der Waals surface area (Å²) in [6, 6.07) is 15.1. The van der Waals surface area contributed by atoms with E-state index >= 15 is 0 Å². The maximum atomic E-state index is 14.1. The van der Waals surface area contributed by atoms with Gasteiger partial charge in [0.1, 0.15) is 6.04 Å². The molecule has 3 aromatic rings. The number of anilines is 1. The average Bonchev–Trinajstić information content (AvgIpc) is 3.61. The van der Waals surface area contributed by atoms with Gasteiger partial charge in [0.05, 0.1) is 28.5 Å². The van der Waals surface area contributed by atoms with Crippen LogP contribution in [0.1, 0.15) is 33.1 Å². The van der Waals surface area contributed by atoms with E-state index in [1.54, 1.807) is 31.3 Å². The van der Waals surface area contributed by atoms with Crippen molar-refractivity contribution in [2.75, 3.05) is 11.7 Å². The highest BCUT2D eigenvalue weighted by Crippen LogP contribution is 2.54. The predicted molar refractivity (Wildman–Crippen MR) is 138 cm³/mol. The second-order valence-electron chi connectivity index (χ2n) is 10.0. The van der Waals surface area contributed by atoms with E-state index in [0.717, 1.165) is 16.0 Å². The summed E-state index contributed by atoms with van der Waals surface area (Å²) in [5.41, 5.74) is 2.69. The monoisotopic (exact) mass is 523 g/mol. The van der Waals surface area contributed by atoms with Gasteiger partial charge in [-0.05, 0) is 54.0 Å². The van der Waals surface area contributed by atoms with Crippen LogP contribution in [0, 0.1) is 28.9 Å². The molecule has 2 fully saturated rings. The summed E-state index contributed by atoms with van der Waals surface area (Å²) in [5.74, 6) is -2.02. The number of amides is 2. The SMILES string of the molecule is Cc1cc([N+](=O)[O-])ccc1N1C(=O)[C@@H]2[C@@H](C1=O)[C@H]1c3ccccc3C=CN1[C@@H]2C(=O)c1ccc2c(c1)OCO2. The van der Waals surface area contributed by atoms with E-state index in [4.69, 9.17) is 9.47 Å². The molecular formula is C29H21N3O7. The molecule has 194 valence electrons. The zero-order valence-corrected chi connectivity index (χ0v) is 20.6. The molecule has 10 nitrogen and oxygen atoms in total. The minimum atomic E-state index is -0.953. The van der Waals surface area contributed by atoms with E-state index in [1.165, 1.54) is 18.2 Å². The van der Waals surface area contributed by atoms with Crippen molar-refractivity contribution in [2.24, 2.45) is 11.8 Å². The number of rotatable bonds is 4. The molecular weight excluding hydrogens is 502 g/mol. The van der Waals surface area contributed by atoms with E-state index in [0.29, 0.717) is 22.6 Å². The molecule has 7 rings (SSSR count). The first-order chi connectivity index (χ1) is 18.8. The fourth-order valence-corrected chi connectivity index (χ4v) is 6.32. The number of nitro groups is 1. The maximum absolute atomic E-state index is 14.1. The standard InChI is InChI=1S/C29H21N3O7/c1-15-12-18(32(36)37)7-8-20(15)31-28(34)23-24(29(31)35)26(27(33)17-6-9-21-22(13-17)39-14-38-21)30-11-10-16-4-2-3-5-19(16)25(23)30/h2-13,23-26H,14H2,1H3/t23-,24-,25-,26+/m1/s1. The molecule has 0 aliphatic carbocycles. The molecule has 2 saturated heterocycles. The number of carbonyl (C=O) groups is 3. The topological polar surface area (TPSA) is 119 Å². The molecule has 39 heavy (non-hydrogen) atoms. The Kier molecular flexibility index (Phi) is 4.90. The molecule has 0 spiro atoms. The predicted octanol–water partition coefficient (Wildman–Crippen LogP) is 4.03. The molecule has 3 aromatic carbocycles. The van der Waals surface area contributed by atoms with Crippen molar-refractivity contribution in [3.63, 3.8) is 0 Å². The van der Waals surface area contributed by atoms with Crippen LogP contribution in [-0.4, -0.2) is 40.3 Å². The molecule has 0 N–H and O–H groups in total. The number of carbonyl (C=O) groups excluding carboxylic acids is 3. The maximum Gasteiger partial charge on any atom is 0.269 e. The zero-order chi connectivity index (χ0) is 27.0. The Morgan fingerprint density at radius 1 is 0.974 bits per heavy atom. The van der Waals surface area contributed by atoms with E-state index in [1.807, 2.05) is 35.2 Å². The summed E-state index contributed by atoms with van der Waals surface area (Å²) in [7, 11) is 0. The summed E-state index contributed by atoms with van der Waals surface area (Å²) in [5, 5.41) is 11.3. The first kappa shape index (κ1) is 23.2. The molecule has 0 aromatic heterocycles. The Bertz CT molecular complexity index is 1650. The summed E-state index contributed by atoms with van der Waals surface area (Å²) >= 11 is 0. The third-order valence-corrected chi connectivity index (χ3v) is 8.02. The number of benzene rings is 3. The molecule has 0 bridgehead atoms. The number of nitrogens with zero attached hydrogens (tertiary/aromatic N) is 3. The number of hydrogen-bond donors (Lipinski definition) is 0. The summed E-state index contributed by atoms with van der Waals surface area (Å²) in [4.78, 5) is 55.9. The molecule has 0 radical (unpaired) electrons. The van der Waals surface area contributed by atoms with Crippen LogP contribution in [0.4, 0.5) is 11.4 Å². The van der Waals surface area contributed by atoms with E-state index in [9.17, 15) is 24.5 Å². The Morgan fingerprint density at radius 3 is 2.54 bits per heavy atom. The van der Waals surface area contributed by atoms with Crippen LogP contribution in [0.2, 0.25) is 0 Å². The van der Waals surface area contributed by atoms with Crippen molar-refractivity contribution in [3.8, 4) is 11.5 Å². The molecule has 10 heteroatoms. The van der Waals surface area contributed by atoms with Gasteiger partial charge < -0.3 is 14.4 Å². The number of hydrogen-bond acceptors (Lipinski definition) is 8. The molecule has 4 aliphatic heterocycles. The highest BCUT2D eigenvalue weighted by Gasteiger charge is 2.64. The van der Waals surface area contributed by atoms with Gasteiger partial charge in [-0.25, -0.2) is 4.90 Å². The van der Waals surface area contributed by atoms with Crippen LogP contribution in [0.15, 0.2) is 66.9 Å². The Morgan fingerprint density at radius 2 is 1.74 bits per heavy atom. The second-order valence-corrected chi connectivity index (χ2v) is 10.0. The number of non-ortho nitro benzene ring substituents is 1. The summed E-state index contributed by atoms with van der Waals surface area (Å²) < 4.78 is 10.8. The van der Waals surface area contributed by atoms with Crippen molar-refractivity contribution in [2.45, 2.75) is 19.0 Å². The van der Waals surface area contributed by atoms with E-state index < -0.39 is 40.7 Å². The van der Waals surface area contributed by atoms with Crippen molar-refractivity contribution < 1.29 is 28.8 Å². The van der Waals surface area contributed by atoms with Crippen LogP contribution >= 0.6 is 0 Å². The summed E-state index contributed by atoms with van der Waals surface area (Å²) in [6.45, 7) is 1.68. The van der Waals surface area contributed by atoms with Gasteiger partial charge in [0.15, 0.2) is 17.3 Å². The van der Waals surface area contributed by atoms with Gasteiger partial charge in [-0.3, -0.25) is 24.5 Å². The van der Waals surface area contributed by atoms with Gasteiger partial charge >= 0.3 is 0 Å². The van der Waals surface area contributed by atoms with Crippen LogP contribution in [-0.2, 0) is 9.59 Å². The number of fused-ring (bicyclic) bond motifs is 6. The van der Waals surface area contributed by atoms with Gasteiger partial charge in [-0.2, -0.15) is 0 Å². The molecule has 0 unspecified atom stereocenters. The normalized spacial score (nSPS) is 24.0. The van der Waals surface area contributed by atoms with Gasteiger partial charge in [0, 0.05) is 23.9 Å². The van der Waals surface area contributed by atoms with Gasteiger partial charge in [0.25, 0.3) is 5.69 Å². The molecule has 4 heterocycles. The van der Waals surface area contributed by atoms with Crippen LogP contribution in [0.5, 0.6) is 11.5 Å². The van der Waals surface area contributed by atoms with Gasteiger partial charge in [-0.15, -0.1) is 0 Å². The number of aryl methyl sites for hydroxylation is 1. The lowest BCUT2D eigenvalue weighted by molar-refractivity contribution is -0.384. The lowest BCUT2D eigenvalue weighted by Crippen LogP contribution is -2.44. The van der Waals surface area contributed by atoms with Gasteiger partial charge in [0.2, 0.25) is 18.6 Å². The largest absolute Gasteiger partial charge is 0.454 e. The Hall–Kier alpha value is -4.99. The summed E-state index contributed by atoms with van der Waals surface area (Å²) in [6.07, 6.45) is 3.68. The lowest BCUT2D eigenvalue weighted by atomic mass is 9.83. The van der Waals surface area contributed by atoms with Crippen molar-refractivity contribution in [3.05, 3.63) is 99.2 Å². The number of ether oxygens (including phenoxy) is 2. The number of Topliss-reactive ketones (excluding diaryl/α,β-unsaturated/α-hetero) is 1. The average molecular weight is 524 g/mol. The Balaban J connectivity index is 1.35. The first-order valence-corrected chi connectivity index (χ1v) is 12.5. The van der Waals surface area contributed by atoms with Crippen LogP contribution in [0.25, 0.3) is 6.08 Å². The smallest absolute Gasteiger partial charge is 0.269 e. The zero-order valence-electron chi connectivity index (χ0n) is 20.6. The number of imide groups is 1. The fraction of sp³-hybridized carbons (Fsp3) is 0.207. The highest BCUT2D eigenvalue weighted by molar-refractivity contribution is 6.25. The van der Waals surface area contributed by atoms with E-state index in [-0.39, 0.29) is 24.0 Å². The van der Waals surface area contributed by atoms with Crippen molar-refractivity contribution in [1.29, 1.82) is 0 Å². The minimum Gasteiger partial charge on any atom is -0.454 e. The fourth-order valence-electron chi connectivity index (χ4n) is 6.32. The molecule has 4 aliphatic rings.